The number of benzene rings is 1. The minimum atomic E-state index is -1.18. The SMILES string of the molecule is C[C@@H]1OC[C@@H](COC(=O)[C@@]23CC[C@@](C)(C(=O)O2)C3(C)C)[C@H]1Nc1ccc(C(C)(C)C)cc1. The number of rotatable bonds is 5. The van der Waals surface area contributed by atoms with Crippen molar-refractivity contribution in [3.8, 4) is 0 Å². The first-order valence-corrected chi connectivity index (χ1v) is 11.7. The van der Waals surface area contributed by atoms with E-state index in [9.17, 15) is 9.59 Å². The summed E-state index contributed by atoms with van der Waals surface area (Å²) in [6.45, 7) is 15.1. The molecule has 1 aliphatic carbocycles. The van der Waals surface area contributed by atoms with E-state index in [2.05, 4.69) is 50.4 Å². The standard InChI is InChI=1S/C26H37NO5/c1-16-20(27-19-10-8-18(9-11-19)23(2,3)4)17(14-30-16)15-31-22(29)26-13-12-25(7,21(28)32-26)24(26,5)6/h8-11,16-17,20,27H,12-15H2,1-7H3/t16-,17-,20-,25-,26+/m0/s1. The summed E-state index contributed by atoms with van der Waals surface area (Å²) in [5.41, 5.74) is -0.0177. The van der Waals surface area contributed by atoms with Gasteiger partial charge in [-0.2, -0.15) is 0 Å². The quantitative estimate of drug-likeness (QED) is 0.677. The Morgan fingerprint density at radius 2 is 1.81 bits per heavy atom. The molecule has 6 heteroatoms. The smallest absolute Gasteiger partial charge is 0.351 e. The lowest BCUT2D eigenvalue weighted by Crippen LogP contribution is -2.49. The van der Waals surface area contributed by atoms with Crippen LogP contribution in [0.1, 0.15) is 66.9 Å². The number of hydrogen-bond acceptors (Lipinski definition) is 6. The Kier molecular flexibility index (Phi) is 5.39. The number of carbonyl (C=O) groups excluding carboxylic acids is 2. The van der Waals surface area contributed by atoms with Crippen LogP contribution in [0.2, 0.25) is 0 Å². The van der Waals surface area contributed by atoms with E-state index in [4.69, 9.17) is 14.2 Å². The highest BCUT2D eigenvalue weighted by Gasteiger charge is 2.76. The van der Waals surface area contributed by atoms with Crippen LogP contribution in [-0.2, 0) is 29.2 Å². The lowest BCUT2D eigenvalue weighted by molar-refractivity contribution is -0.184. The van der Waals surface area contributed by atoms with Gasteiger partial charge in [-0.25, -0.2) is 4.79 Å². The summed E-state index contributed by atoms with van der Waals surface area (Å²) in [4.78, 5) is 25.7. The summed E-state index contributed by atoms with van der Waals surface area (Å²) in [7, 11) is 0. The number of ether oxygens (including phenoxy) is 3. The van der Waals surface area contributed by atoms with Crippen LogP contribution in [-0.4, -0.2) is 42.9 Å². The minimum absolute atomic E-state index is 0.00493. The molecule has 2 bridgehead atoms. The monoisotopic (exact) mass is 443 g/mol. The van der Waals surface area contributed by atoms with Crippen LogP contribution in [0.15, 0.2) is 24.3 Å². The Hall–Kier alpha value is -2.08. The topological polar surface area (TPSA) is 73.9 Å². The number of carbonyl (C=O) groups is 2. The molecular formula is C26H37NO5. The molecule has 0 unspecified atom stereocenters. The number of esters is 2. The molecule has 0 radical (unpaired) electrons. The predicted molar refractivity (Wildman–Crippen MR) is 122 cm³/mol. The molecule has 2 aliphatic heterocycles. The van der Waals surface area contributed by atoms with E-state index in [0.717, 1.165) is 5.69 Å². The van der Waals surface area contributed by atoms with Crippen LogP contribution in [0.5, 0.6) is 0 Å². The van der Waals surface area contributed by atoms with Gasteiger partial charge in [0.25, 0.3) is 0 Å². The largest absolute Gasteiger partial charge is 0.462 e. The van der Waals surface area contributed by atoms with Gasteiger partial charge >= 0.3 is 11.9 Å². The summed E-state index contributed by atoms with van der Waals surface area (Å²) in [6.07, 6.45) is 1.15. The number of fused-ring (bicyclic) bond motifs is 2. The maximum atomic E-state index is 13.2. The zero-order valence-electron chi connectivity index (χ0n) is 20.4. The van der Waals surface area contributed by atoms with Crippen LogP contribution >= 0.6 is 0 Å². The minimum Gasteiger partial charge on any atom is -0.462 e. The molecule has 0 amide bonds. The molecule has 32 heavy (non-hydrogen) atoms. The molecule has 6 nitrogen and oxygen atoms in total. The van der Waals surface area contributed by atoms with E-state index < -0.39 is 22.4 Å². The Labute approximate surface area is 191 Å². The van der Waals surface area contributed by atoms with Gasteiger partial charge in [-0.15, -0.1) is 0 Å². The third-order valence-corrected chi connectivity index (χ3v) is 8.51. The molecule has 0 aromatic heterocycles. The van der Waals surface area contributed by atoms with E-state index in [1.54, 1.807) is 0 Å². The number of hydrogen-bond donors (Lipinski definition) is 1. The van der Waals surface area contributed by atoms with Crippen LogP contribution in [0.3, 0.4) is 0 Å². The van der Waals surface area contributed by atoms with Gasteiger partial charge < -0.3 is 19.5 Å². The fourth-order valence-corrected chi connectivity index (χ4v) is 5.51. The van der Waals surface area contributed by atoms with E-state index in [-0.39, 0.29) is 36.1 Å². The molecule has 3 aliphatic rings. The molecule has 2 heterocycles. The molecule has 2 saturated heterocycles. The molecule has 0 spiro atoms. The average Bonchev–Trinajstić information content (AvgIpc) is 3.21. The summed E-state index contributed by atoms with van der Waals surface area (Å²) in [6, 6.07) is 8.49. The molecule has 1 aromatic carbocycles. The lowest BCUT2D eigenvalue weighted by Gasteiger charge is -2.35. The Balaban J connectivity index is 1.42. The fraction of sp³-hybridized carbons (Fsp3) is 0.692. The molecule has 176 valence electrons. The highest BCUT2D eigenvalue weighted by atomic mass is 16.6. The molecule has 4 rings (SSSR count). The second-order valence-corrected chi connectivity index (χ2v) is 11.6. The Morgan fingerprint density at radius 3 is 2.34 bits per heavy atom. The average molecular weight is 444 g/mol. The Morgan fingerprint density at radius 1 is 1.16 bits per heavy atom. The normalized spacial score (nSPS) is 35.6. The van der Waals surface area contributed by atoms with Crippen LogP contribution in [0.25, 0.3) is 0 Å². The van der Waals surface area contributed by atoms with Crippen molar-refractivity contribution in [3.05, 3.63) is 29.8 Å². The van der Waals surface area contributed by atoms with Gasteiger partial charge in [0.2, 0.25) is 5.60 Å². The van der Waals surface area contributed by atoms with Crippen LogP contribution in [0, 0.1) is 16.7 Å². The number of nitrogens with one attached hydrogen (secondary N) is 1. The van der Waals surface area contributed by atoms with Gasteiger partial charge in [0.1, 0.15) is 0 Å². The first-order valence-electron chi connectivity index (χ1n) is 11.7. The van der Waals surface area contributed by atoms with Crippen molar-refractivity contribution in [1.29, 1.82) is 0 Å². The first kappa shape index (κ1) is 23.1. The van der Waals surface area contributed by atoms with Crippen molar-refractivity contribution in [2.75, 3.05) is 18.5 Å². The zero-order valence-corrected chi connectivity index (χ0v) is 20.4. The van der Waals surface area contributed by atoms with E-state index in [0.29, 0.717) is 19.4 Å². The highest BCUT2D eigenvalue weighted by molar-refractivity contribution is 5.93. The maximum absolute atomic E-state index is 13.2. The lowest BCUT2D eigenvalue weighted by atomic mass is 9.66. The molecule has 1 saturated carbocycles. The van der Waals surface area contributed by atoms with Crippen molar-refractivity contribution in [1.82, 2.24) is 0 Å². The second kappa shape index (κ2) is 7.47. The van der Waals surface area contributed by atoms with Gasteiger partial charge in [0.05, 0.1) is 30.8 Å². The van der Waals surface area contributed by atoms with Crippen LogP contribution in [0.4, 0.5) is 5.69 Å². The third-order valence-electron chi connectivity index (χ3n) is 8.51. The summed E-state index contributed by atoms with van der Waals surface area (Å²) >= 11 is 0. The van der Waals surface area contributed by atoms with Gasteiger partial charge in [-0.05, 0) is 49.8 Å². The maximum Gasteiger partial charge on any atom is 0.351 e. The zero-order chi connectivity index (χ0) is 23.5. The summed E-state index contributed by atoms with van der Waals surface area (Å²) < 4.78 is 17.3. The molecule has 1 aromatic rings. The highest BCUT2D eigenvalue weighted by Crippen LogP contribution is 2.65. The molecule has 5 atom stereocenters. The summed E-state index contributed by atoms with van der Waals surface area (Å²) in [5, 5.41) is 3.57. The Bertz CT molecular complexity index is 902. The van der Waals surface area contributed by atoms with Crippen molar-refractivity contribution >= 4 is 17.6 Å². The van der Waals surface area contributed by atoms with Gasteiger partial charge in [0.15, 0.2) is 0 Å². The molecular weight excluding hydrogens is 406 g/mol. The predicted octanol–water partition coefficient (Wildman–Crippen LogP) is 4.46. The van der Waals surface area contributed by atoms with E-state index in [1.807, 2.05) is 27.7 Å². The fourth-order valence-electron chi connectivity index (χ4n) is 5.51. The third kappa shape index (κ3) is 3.33. The molecule has 3 fully saturated rings. The van der Waals surface area contributed by atoms with Crippen molar-refractivity contribution in [2.45, 2.75) is 84.5 Å². The van der Waals surface area contributed by atoms with Crippen molar-refractivity contribution in [3.63, 3.8) is 0 Å². The van der Waals surface area contributed by atoms with E-state index >= 15 is 0 Å². The van der Waals surface area contributed by atoms with Crippen LogP contribution < -0.4 is 5.32 Å². The number of anilines is 1. The van der Waals surface area contributed by atoms with Gasteiger partial charge in [-0.1, -0.05) is 46.8 Å². The van der Waals surface area contributed by atoms with E-state index in [1.165, 1.54) is 5.56 Å². The second-order valence-electron chi connectivity index (χ2n) is 11.6. The van der Waals surface area contributed by atoms with Crippen molar-refractivity contribution < 1.29 is 23.8 Å². The van der Waals surface area contributed by atoms with Gasteiger partial charge in [0, 0.05) is 17.0 Å². The molecule has 1 N–H and O–H groups in total. The van der Waals surface area contributed by atoms with Gasteiger partial charge in [-0.3, -0.25) is 4.79 Å². The first-order chi connectivity index (χ1) is 14.8. The van der Waals surface area contributed by atoms with Crippen molar-refractivity contribution in [2.24, 2.45) is 16.7 Å². The summed E-state index contributed by atoms with van der Waals surface area (Å²) in [5.74, 6) is -0.702.